The second-order valence-corrected chi connectivity index (χ2v) is 7.57. The smallest absolute Gasteiger partial charge is 0.0267 e. The van der Waals surface area contributed by atoms with Gasteiger partial charge in [0.15, 0.2) is 0 Å². The van der Waals surface area contributed by atoms with Crippen molar-refractivity contribution in [3.05, 3.63) is 54.6 Å². The van der Waals surface area contributed by atoms with Gasteiger partial charge in [-0.3, -0.25) is 4.98 Å². The molecule has 0 aliphatic carbocycles. The highest BCUT2D eigenvalue weighted by Crippen LogP contribution is 2.12. The lowest BCUT2D eigenvalue weighted by atomic mass is 10.1. The second-order valence-electron chi connectivity index (χ2n) is 7.57. The maximum absolute atomic E-state index is 3.78. The van der Waals surface area contributed by atoms with E-state index in [0.29, 0.717) is 0 Å². The van der Waals surface area contributed by atoms with Crippen molar-refractivity contribution >= 4 is 0 Å². The largest absolute Gasteiger partial charge is 0.354 e. The van der Waals surface area contributed by atoms with E-state index in [1.54, 1.807) is 12.4 Å². The van der Waals surface area contributed by atoms with E-state index in [1.807, 2.05) is 18.2 Å². The number of rotatable bonds is 14. The van der Waals surface area contributed by atoms with E-state index in [0.717, 1.165) is 0 Å². The summed E-state index contributed by atoms with van der Waals surface area (Å²) in [5, 5.41) is 0. The Labute approximate surface area is 168 Å². The molecule has 0 unspecified atom stereocenters. The van der Waals surface area contributed by atoms with Gasteiger partial charge in [0, 0.05) is 31.3 Å². The van der Waals surface area contributed by atoms with Gasteiger partial charge in [0.25, 0.3) is 0 Å². The molecular weight excluding hydrogens is 328 g/mol. The standard InChI is InChI=1S/C20H37N.C5H5N/c1-3-5-7-8-9-10-11-12-13-14-17-21-18-16-20(19-21)15-6-4-2;1-2-4-6-5-3-1/h16,18-19H,3-15,17H2,1-2H3;1-5H. The van der Waals surface area contributed by atoms with Crippen LogP contribution in [0.4, 0.5) is 0 Å². The van der Waals surface area contributed by atoms with E-state index in [2.05, 4.69) is 41.9 Å². The Hall–Kier alpha value is -1.57. The molecule has 0 saturated carbocycles. The Kier molecular flexibility index (Phi) is 15.5. The minimum atomic E-state index is 1.21. The molecule has 2 rings (SSSR count). The van der Waals surface area contributed by atoms with E-state index in [1.165, 1.54) is 95.6 Å². The molecule has 2 aromatic rings. The normalized spacial score (nSPS) is 10.4. The van der Waals surface area contributed by atoms with Gasteiger partial charge in [0.05, 0.1) is 0 Å². The summed E-state index contributed by atoms with van der Waals surface area (Å²) in [6, 6.07) is 8.01. The maximum atomic E-state index is 3.78. The number of aromatic nitrogens is 2. The summed E-state index contributed by atoms with van der Waals surface area (Å²) in [5.74, 6) is 0. The maximum Gasteiger partial charge on any atom is 0.0267 e. The first-order chi connectivity index (χ1) is 13.4. The number of hydrogen-bond donors (Lipinski definition) is 0. The van der Waals surface area contributed by atoms with E-state index in [4.69, 9.17) is 0 Å². The molecule has 0 spiro atoms. The Bertz CT molecular complexity index is 491. The third-order valence-electron chi connectivity index (χ3n) is 4.97. The minimum Gasteiger partial charge on any atom is -0.354 e. The summed E-state index contributed by atoms with van der Waals surface area (Å²) in [5.41, 5.74) is 1.52. The van der Waals surface area contributed by atoms with Gasteiger partial charge >= 0.3 is 0 Å². The lowest BCUT2D eigenvalue weighted by Gasteiger charge is -2.04. The highest BCUT2D eigenvalue weighted by molar-refractivity contribution is 5.10. The van der Waals surface area contributed by atoms with Crippen molar-refractivity contribution in [2.45, 2.75) is 104 Å². The van der Waals surface area contributed by atoms with Crippen molar-refractivity contribution in [2.75, 3.05) is 0 Å². The summed E-state index contributed by atoms with van der Waals surface area (Å²) in [7, 11) is 0. The molecule has 0 aliphatic rings. The molecule has 2 heterocycles. The number of pyridine rings is 1. The van der Waals surface area contributed by atoms with Crippen LogP contribution in [0.2, 0.25) is 0 Å². The molecule has 152 valence electrons. The molecule has 0 N–H and O–H groups in total. The van der Waals surface area contributed by atoms with Gasteiger partial charge in [-0.05, 0) is 43.0 Å². The van der Waals surface area contributed by atoms with Crippen LogP contribution in [0.25, 0.3) is 0 Å². The molecule has 0 amide bonds. The summed E-state index contributed by atoms with van der Waals surface area (Å²) < 4.78 is 2.38. The van der Waals surface area contributed by atoms with Gasteiger partial charge < -0.3 is 4.57 Å². The molecule has 0 bridgehead atoms. The molecule has 2 heteroatoms. The van der Waals surface area contributed by atoms with Crippen molar-refractivity contribution in [1.82, 2.24) is 9.55 Å². The van der Waals surface area contributed by atoms with Crippen LogP contribution in [-0.2, 0) is 13.0 Å². The topological polar surface area (TPSA) is 17.8 Å². The molecular formula is C25H42N2. The van der Waals surface area contributed by atoms with E-state index in [-0.39, 0.29) is 0 Å². The van der Waals surface area contributed by atoms with Crippen molar-refractivity contribution < 1.29 is 0 Å². The SMILES string of the molecule is CCCCCCCCCCCCn1ccc(CCCC)c1.c1ccncc1. The van der Waals surface area contributed by atoms with Crippen molar-refractivity contribution in [3.63, 3.8) is 0 Å². The summed E-state index contributed by atoms with van der Waals surface area (Å²) in [6.45, 7) is 5.76. The van der Waals surface area contributed by atoms with Crippen molar-refractivity contribution in [3.8, 4) is 0 Å². The molecule has 0 saturated heterocycles. The Morgan fingerprint density at radius 2 is 1.30 bits per heavy atom. The molecule has 2 nitrogen and oxygen atoms in total. The van der Waals surface area contributed by atoms with Gasteiger partial charge in [-0.25, -0.2) is 0 Å². The van der Waals surface area contributed by atoms with Crippen LogP contribution in [0.15, 0.2) is 49.1 Å². The highest BCUT2D eigenvalue weighted by Gasteiger charge is 1.97. The van der Waals surface area contributed by atoms with Crippen molar-refractivity contribution in [1.29, 1.82) is 0 Å². The molecule has 27 heavy (non-hydrogen) atoms. The van der Waals surface area contributed by atoms with Gasteiger partial charge in [-0.1, -0.05) is 84.1 Å². The fourth-order valence-corrected chi connectivity index (χ4v) is 3.25. The van der Waals surface area contributed by atoms with Crippen LogP contribution >= 0.6 is 0 Å². The number of unbranched alkanes of at least 4 members (excludes halogenated alkanes) is 10. The third-order valence-corrected chi connectivity index (χ3v) is 4.97. The number of hydrogen-bond acceptors (Lipinski definition) is 1. The average molecular weight is 371 g/mol. The minimum absolute atomic E-state index is 1.21. The first kappa shape index (κ1) is 23.5. The van der Waals surface area contributed by atoms with Crippen LogP contribution in [0.3, 0.4) is 0 Å². The Morgan fingerprint density at radius 3 is 1.81 bits per heavy atom. The predicted molar refractivity (Wildman–Crippen MR) is 119 cm³/mol. The zero-order chi connectivity index (χ0) is 19.4. The summed E-state index contributed by atoms with van der Waals surface area (Å²) in [4.78, 5) is 3.78. The first-order valence-electron chi connectivity index (χ1n) is 11.4. The van der Waals surface area contributed by atoms with E-state index < -0.39 is 0 Å². The van der Waals surface area contributed by atoms with Crippen LogP contribution in [0, 0.1) is 0 Å². The molecule has 0 radical (unpaired) electrons. The number of nitrogens with zero attached hydrogens (tertiary/aromatic N) is 2. The first-order valence-corrected chi connectivity index (χ1v) is 11.4. The average Bonchev–Trinajstić information content (AvgIpc) is 3.17. The van der Waals surface area contributed by atoms with Crippen LogP contribution < -0.4 is 0 Å². The van der Waals surface area contributed by atoms with Gasteiger partial charge in [0.1, 0.15) is 0 Å². The molecule has 0 aliphatic heterocycles. The zero-order valence-electron chi connectivity index (χ0n) is 17.9. The highest BCUT2D eigenvalue weighted by atomic mass is 14.9. The fourth-order valence-electron chi connectivity index (χ4n) is 3.25. The number of aryl methyl sites for hydroxylation is 2. The van der Waals surface area contributed by atoms with Crippen LogP contribution in [0.1, 0.15) is 96.5 Å². The third kappa shape index (κ3) is 14.2. The quantitative estimate of drug-likeness (QED) is 0.310. The predicted octanol–water partition coefficient (Wildman–Crippen LogP) is 7.83. The van der Waals surface area contributed by atoms with Gasteiger partial charge in [-0.2, -0.15) is 0 Å². The summed E-state index contributed by atoms with van der Waals surface area (Å²) >= 11 is 0. The second kappa shape index (κ2) is 17.8. The van der Waals surface area contributed by atoms with E-state index in [9.17, 15) is 0 Å². The Balaban J connectivity index is 0.000000511. The van der Waals surface area contributed by atoms with Gasteiger partial charge in [0.2, 0.25) is 0 Å². The molecule has 2 aromatic heterocycles. The molecule has 0 fully saturated rings. The van der Waals surface area contributed by atoms with Crippen LogP contribution in [-0.4, -0.2) is 9.55 Å². The molecule has 0 atom stereocenters. The molecule has 0 aromatic carbocycles. The van der Waals surface area contributed by atoms with E-state index >= 15 is 0 Å². The van der Waals surface area contributed by atoms with Crippen LogP contribution in [0.5, 0.6) is 0 Å². The monoisotopic (exact) mass is 370 g/mol. The lowest BCUT2D eigenvalue weighted by Crippen LogP contribution is -1.94. The van der Waals surface area contributed by atoms with Gasteiger partial charge in [-0.15, -0.1) is 0 Å². The summed E-state index contributed by atoms with van der Waals surface area (Å²) in [6.07, 6.45) is 26.2. The zero-order valence-corrected chi connectivity index (χ0v) is 17.9. The fraction of sp³-hybridized carbons (Fsp3) is 0.640. The lowest BCUT2D eigenvalue weighted by molar-refractivity contribution is 0.535. The van der Waals surface area contributed by atoms with Crippen molar-refractivity contribution in [2.24, 2.45) is 0 Å². The Morgan fingerprint density at radius 1 is 0.704 bits per heavy atom.